The summed E-state index contributed by atoms with van der Waals surface area (Å²) >= 11 is 6.15. The largest absolute Gasteiger partial charge is 0.454 e. The number of alkyl halides is 3. The van der Waals surface area contributed by atoms with E-state index in [1.807, 2.05) is 0 Å². The number of para-hydroxylation sites is 1. The molecule has 2 aliphatic heterocycles. The van der Waals surface area contributed by atoms with Gasteiger partial charge in [0.1, 0.15) is 12.2 Å². The highest BCUT2D eigenvalue weighted by molar-refractivity contribution is 7.93. The van der Waals surface area contributed by atoms with Gasteiger partial charge < -0.3 is 29.2 Å². The number of benzene rings is 3. The number of hydrogen-bond donors (Lipinski definition) is 2. The Morgan fingerprint density at radius 3 is 2.40 bits per heavy atom. The Morgan fingerprint density at radius 2 is 1.70 bits per heavy atom. The molecular formula is C37H34ClF3N8O7S. The van der Waals surface area contributed by atoms with E-state index in [1.165, 1.54) is 4.57 Å². The van der Waals surface area contributed by atoms with Crippen LogP contribution in [0.4, 0.5) is 30.2 Å². The zero-order valence-electron chi connectivity index (χ0n) is 30.2. The second-order valence-electron chi connectivity index (χ2n) is 13.7. The lowest BCUT2D eigenvalue weighted by Crippen LogP contribution is -2.51. The van der Waals surface area contributed by atoms with Crippen molar-refractivity contribution in [1.82, 2.24) is 24.1 Å². The highest BCUT2D eigenvalue weighted by atomic mass is 35.5. The van der Waals surface area contributed by atoms with Gasteiger partial charge in [-0.1, -0.05) is 30.7 Å². The average molecular weight is 827 g/mol. The first-order valence-electron chi connectivity index (χ1n) is 18.0. The molecule has 57 heavy (non-hydrogen) atoms. The Labute approximate surface area is 328 Å². The number of carbonyl (C=O) groups is 2. The number of aromatic nitrogens is 4. The number of carbonyl (C=O) groups excluding carboxylic acids is 2. The number of sulfonamides is 1. The van der Waals surface area contributed by atoms with Crippen LogP contribution in [0.25, 0.3) is 17.2 Å². The van der Waals surface area contributed by atoms with Gasteiger partial charge in [-0.3, -0.25) is 19.1 Å². The number of piperazine rings is 1. The van der Waals surface area contributed by atoms with E-state index in [0.29, 0.717) is 35.6 Å². The van der Waals surface area contributed by atoms with Gasteiger partial charge in [0.25, 0.3) is 11.5 Å². The van der Waals surface area contributed by atoms with E-state index in [0.717, 1.165) is 22.7 Å². The van der Waals surface area contributed by atoms with Gasteiger partial charge in [-0.15, -0.1) is 5.10 Å². The van der Waals surface area contributed by atoms with E-state index < -0.39 is 45.0 Å². The molecule has 3 aliphatic rings. The molecule has 1 aliphatic carbocycles. The van der Waals surface area contributed by atoms with Crippen LogP contribution in [-0.2, 0) is 34.0 Å². The molecule has 2 fully saturated rings. The summed E-state index contributed by atoms with van der Waals surface area (Å²) in [6.45, 7) is 2.16. The van der Waals surface area contributed by atoms with E-state index in [4.69, 9.17) is 21.1 Å². The molecule has 5 aromatic rings. The van der Waals surface area contributed by atoms with Crippen LogP contribution >= 0.6 is 11.6 Å². The Kier molecular flexibility index (Phi) is 9.75. The maximum Gasteiger partial charge on any atom is 0.416 e. The van der Waals surface area contributed by atoms with Crippen molar-refractivity contribution in [1.29, 1.82) is 0 Å². The summed E-state index contributed by atoms with van der Waals surface area (Å²) in [6.07, 6.45) is -3.27. The number of amides is 2. The van der Waals surface area contributed by atoms with Gasteiger partial charge in [-0.2, -0.15) is 22.7 Å². The molecule has 2 aromatic heterocycles. The quantitative estimate of drug-likeness (QED) is 0.195. The standard InChI is InChI=1S/C37H34ClF3N8O7S/c1-2-28-32(46-13-15-47(16-14-46)34(51)24-5-3-4-6-26(24)45-57(53,54)23-9-10-23)35(52)49-36(43-33(44-49)21-7-12-29-30(17-21)56-20-55-29)48(28)19-31(50)42-27-11-8-22(18-25(27)38)37(39,40)41/h3-8,11-12,17-18,23,45H,2,9-10,13-16,19-20H2,1H3,(H,42,50). The maximum absolute atomic E-state index is 14.4. The van der Waals surface area contributed by atoms with Crippen molar-refractivity contribution in [2.45, 2.75) is 44.2 Å². The molecule has 0 bridgehead atoms. The van der Waals surface area contributed by atoms with Gasteiger partial charge >= 0.3 is 6.18 Å². The van der Waals surface area contributed by atoms with Crippen molar-refractivity contribution in [3.8, 4) is 22.9 Å². The van der Waals surface area contributed by atoms with Gasteiger partial charge in [0.2, 0.25) is 28.5 Å². The third-order valence-corrected chi connectivity index (χ3v) is 12.1. The molecule has 20 heteroatoms. The fraction of sp³-hybridized carbons (Fsp3) is 0.324. The first-order valence-corrected chi connectivity index (χ1v) is 19.9. The fourth-order valence-electron chi connectivity index (χ4n) is 6.89. The highest BCUT2D eigenvalue weighted by Crippen LogP contribution is 2.36. The Bertz CT molecular complexity index is 2600. The van der Waals surface area contributed by atoms with Crippen LogP contribution in [0.3, 0.4) is 0 Å². The van der Waals surface area contributed by atoms with Crippen molar-refractivity contribution in [2.24, 2.45) is 0 Å². The predicted molar refractivity (Wildman–Crippen MR) is 203 cm³/mol. The lowest BCUT2D eigenvalue weighted by molar-refractivity contribution is -0.137. The van der Waals surface area contributed by atoms with E-state index in [1.54, 1.807) is 59.2 Å². The molecule has 0 spiro atoms. The number of hydrogen-bond acceptors (Lipinski definition) is 10. The first-order chi connectivity index (χ1) is 27.2. The summed E-state index contributed by atoms with van der Waals surface area (Å²) in [6, 6.07) is 14.0. The Hall–Kier alpha value is -5.82. The van der Waals surface area contributed by atoms with Gasteiger partial charge in [-0.05, 0) is 67.8 Å². The topological polar surface area (TPSA) is 169 Å². The van der Waals surface area contributed by atoms with Crippen LogP contribution in [0, 0.1) is 0 Å². The monoisotopic (exact) mass is 826 g/mol. The predicted octanol–water partition coefficient (Wildman–Crippen LogP) is 5.03. The van der Waals surface area contributed by atoms with Crippen LogP contribution in [0.15, 0.2) is 65.5 Å². The highest BCUT2D eigenvalue weighted by Gasteiger charge is 2.37. The second-order valence-corrected chi connectivity index (χ2v) is 16.0. The van der Waals surface area contributed by atoms with E-state index >= 15 is 0 Å². The van der Waals surface area contributed by atoms with E-state index in [2.05, 4.69) is 20.1 Å². The molecule has 1 saturated heterocycles. The number of nitrogens with one attached hydrogen (secondary N) is 2. The molecule has 0 atom stereocenters. The van der Waals surface area contributed by atoms with Gasteiger partial charge in [0.15, 0.2) is 17.3 Å². The molecular weight excluding hydrogens is 793 g/mol. The van der Waals surface area contributed by atoms with Crippen LogP contribution in [-0.4, -0.2) is 82.5 Å². The van der Waals surface area contributed by atoms with Crippen LogP contribution in [0.2, 0.25) is 5.02 Å². The third-order valence-electron chi connectivity index (χ3n) is 9.92. The van der Waals surface area contributed by atoms with Crippen molar-refractivity contribution >= 4 is 56.3 Å². The first kappa shape index (κ1) is 38.1. The summed E-state index contributed by atoms with van der Waals surface area (Å²) in [5.41, 5.74) is -0.0125. The molecule has 4 heterocycles. The van der Waals surface area contributed by atoms with Crippen molar-refractivity contribution in [3.63, 3.8) is 0 Å². The average Bonchev–Trinajstić information content (AvgIpc) is 3.79. The summed E-state index contributed by atoms with van der Waals surface area (Å²) in [5, 5.41) is 6.32. The lowest BCUT2D eigenvalue weighted by atomic mass is 10.1. The Morgan fingerprint density at radius 1 is 0.965 bits per heavy atom. The van der Waals surface area contributed by atoms with E-state index in [9.17, 15) is 36.0 Å². The minimum Gasteiger partial charge on any atom is -0.454 e. The molecule has 298 valence electrons. The van der Waals surface area contributed by atoms with Gasteiger partial charge in [0, 0.05) is 31.7 Å². The molecule has 8 rings (SSSR count). The van der Waals surface area contributed by atoms with Crippen LogP contribution < -0.4 is 30.0 Å². The SMILES string of the molecule is CCc1c(N2CCN(C(=O)c3ccccc3NS(=O)(=O)C3CC3)CC2)c(=O)n2nc(-c3ccc4c(c3)OCO4)nc2n1CC(=O)Nc1ccc(C(F)(F)F)cc1Cl. The lowest BCUT2D eigenvalue weighted by Gasteiger charge is -2.37. The molecule has 0 radical (unpaired) electrons. The van der Waals surface area contributed by atoms with E-state index in [-0.39, 0.29) is 84.6 Å². The number of rotatable bonds is 10. The number of halogens is 4. The number of fused-ring (bicyclic) bond motifs is 2. The normalized spacial score (nSPS) is 15.6. The minimum absolute atomic E-state index is 0.0287. The fourth-order valence-corrected chi connectivity index (χ4v) is 8.53. The smallest absolute Gasteiger partial charge is 0.416 e. The summed E-state index contributed by atoms with van der Waals surface area (Å²) in [4.78, 5) is 49.9. The number of anilines is 3. The number of nitrogens with zero attached hydrogens (tertiary/aromatic N) is 6. The molecule has 3 aromatic carbocycles. The summed E-state index contributed by atoms with van der Waals surface area (Å²) < 4.78 is 81.4. The third kappa shape index (κ3) is 7.43. The van der Waals surface area contributed by atoms with Crippen LogP contribution in [0.1, 0.15) is 41.4 Å². The van der Waals surface area contributed by atoms with Gasteiger partial charge in [0.05, 0.1) is 38.5 Å². The maximum atomic E-state index is 14.4. The summed E-state index contributed by atoms with van der Waals surface area (Å²) in [5.74, 6) is 0.117. The number of ether oxygens (including phenoxy) is 2. The van der Waals surface area contributed by atoms with Gasteiger partial charge in [-0.25, -0.2) is 8.42 Å². The zero-order chi connectivity index (χ0) is 40.2. The second kappa shape index (κ2) is 14.6. The zero-order valence-corrected chi connectivity index (χ0v) is 31.7. The molecule has 2 amide bonds. The molecule has 2 N–H and O–H groups in total. The van der Waals surface area contributed by atoms with Crippen LogP contribution in [0.5, 0.6) is 11.5 Å². The van der Waals surface area contributed by atoms with Crippen molar-refractivity contribution in [2.75, 3.05) is 47.9 Å². The summed E-state index contributed by atoms with van der Waals surface area (Å²) in [7, 11) is -3.63. The molecule has 15 nitrogen and oxygen atoms in total. The molecule has 1 saturated carbocycles. The molecule has 0 unspecified atom stereocenters. The minimum atomic E-state index is -4.64. The van der Waals surface area contributed by atoms with Crippen molar-refractivity contribution < 1.29 is 40.7 Å². The Balaban J connectivity index is 1.12. The van der Waals surface area contributed by atoms with Crippen molar-refractivity contribution in [3.05, 3.63) is 92.9 Å².